The zero-order valence-corrected chi connectivity index (χ0v) is 10.5. The molecule has 0 N–H and O–H groups in total. The second-order valence-electron chi connectivity index (χ2n) is 4.19. The quantitative estimate of drug-likeness (QED) is 0.722. The van der Waals surface area contributed by atoms with Crippen LogP contribution >= 0.6 is 23.2 Å². The molecule has 1 aliphatic heterocycles. The highest BCUT2D eigenvalue weighted by Crippen LogP contribution is 2.27. The lowest BCUT2D eigenvalue weighted by Crippen LogP contribution is -2.41. The van der Waals surface area contributed by atoms with E-state index in [1.54, 1.807) is 0 Å². The molecule has 0 saturated carbocycles. The van der Waals surface area contributed by atoms with Crippen molar-refractivity contribution in [2.24, 2.45) is 5.92 Å². The Morgan fingerprint density at radius 3 is 2.94 bits per heavy atom. The number of hydrogen-bond acceptors (Lipinski definition) is 2. The molecule has 0 aliphatic carbocycles. The van der Waals surface area contributed by atoms with Crippen molar-refractivity contribution < 1.29 is 4.39 Å². The number of alkyl halides is 1. The number of anilines is 1. The molecule has 88 valence electrons. The minimum absolute atomic E-state index is 0.0469. The molecule has 0 amide bonds. The summed E-state index contributed by atoms with van der Waals surface area (Å²) in [4.78, 5) is 5.90. The molecular weight excluding hydrogens is 250 g/mol. The summed E-state index contributed by atoms with van der Waals surface area (Å²) in [6.07, 6.45) is 2.42. The SMILES string of the molecule is CC1CCN(c2ncc(Cl)cc2F)CC1Cl. The van der Waals surface area contributed by atoms with Gasteiger partial charge in [0.25, 0.3) is 0 Å². The highest BCUT2D eigenvalue weighted by atomic mass is 35.5. The van der Waals surface area contributed by atoms with E-state index in [0.717, 1.165) is 13.0 Å². The number of aromatic nitrogens is 1. The van der Waals surface area contributed by atoms with E-state index in [1.807, 2.05) is 4.90 Å². The van der Waals surface area contributed by atoms with E-state index in [1.165, 1.54) is 12.3 Å². The second kappa shape index (κ2) is 4.76. The molecule has 1 saturated heterocycles. The third-order valence-electron chi connectivity index (χ3n) is 2.95. The van der Waals surface area contributed by atoms with Crippen LogP contribution < -0.4 is 4.90 Å². The maximum atomic E-state index is 13.6. The molecule has 0 radical (unpaired) electrons. The third-order valence-corrected chi connectivity index (χ3v) is 3.73. The lowest BCUT2D eigenvalue weighted by atomic mass is 9.98. The molecule has 0 spiro atoms. The number of hydrogen-bond donors (Lipinski definition) is 0. The van der Waals surface area contributed by atoms with Gasteiger partial charge in [0.1, 0.15) is 0 Å². The van der Waals surface area contributed by atoms with E-state index in [4.69, 9.17) is 23.2 Å². The highest BCUT2D eigenvalue weighted by molar-refractivity contribution is 6.30. The second-order valence-corrected chi connectivity index (χ2v) is 5.18. The maximum Gasteiger partial charge on any atom is 0.167 e. The Morgan fingerprint density at radius 1 is 1.56 bits per heavy atom. The van der Waals surface area contributed by atoms with Crippen LogP contribution in [0, 0.1) is 11.7 Å². The van der Waals surface area contributed by atoms with Crippen LogP contribution in [0.15, 0.2) is 12.3 Å². The van der Waals surface area contributed by atoms with E-state index in [9.17, 15) is 4.39 Å². The van der Waals surface area contributed by atoms with Crippen LogP contribution in [0.5, 0.6) is 0 Å². The number of pyridine rings is 1. The lowest BCUT2D eigenvalue weighted by Gasteiger charge is -2.34. The summed E-state index contributed by atoms with van der Waals surface area (Å²) in [5, 5.41) is 0.361. The van der Waals surface area contributed by atoms with Crippen molar-refractivity contribution in [2.45, 2.75) is 18.7 Å². The number of nitrogens with zero attached hydrogens (tertiary/aromatic N) is 2. The molecule has 2 atom stereocenters. The molecule has 0 aromatic carbocycles. The van der Waals surface area contributed by atoms with Gasteiger partial charge >= 0.3 is 0 Å². The molecule has 0 bridgehead atoms. The van der Waals surface area contributed by atoms with Crippen LogP contribution in [0.2, 0.25) is 5.02 Å². The van der Waals surface area contributed by atoms with Gasteiger partial charge in [-0.1, -0.05) is 18.5 Å². The van der Waals surface area contributed by atoms with Crippen molar-refractivity contribution in [3.05, 3.63) is 23.1 Å². The van der Waals surface area contributed by atoms with Gasteiger partial charge in [-0.25, -0.2) is 9.37 Å². The van der Waals surface area contributed by atoms with Crippen LogP contribution in [-0.4, -0.2) is 23.5 Å². The monoisotopic (exact) mass is 262 g/mol. The molecule has 1 fully saturated rings. The smallest absolute Gasteiger partial charge is 0.167 e. The Hall–Kier alpha value is -0.540. The van der Waals surface area contributed by atoms with Gasteiger partial charge < -0.3 is 4.90 Å². The van der Waals surface area contributed by atoms with E-state index in [0.29, 0.717) is 23.3 Å². The summed E-state index contributed by atoms with van der Waals surface area (Å²) in [6.45, 7) is 3.53. The van der Waals surface area contributed by atoms with E-state index in [-0.39, 0.29) is 11.2 Å². The molecule has 16 heavy (non-hydrogen) atoms. The first-order valence-electron chi connectivity index (χ1n) is 5.28. The minimum Gasteiger partial charge on any atom is -0.353 e. The molecule has 2 nitrogen and oxygen atoms in total. The van der Waals surface area contributed by atoms with Gasteiger partial charge in [-0.2, -0.15) is 0 Å². The van der Waals surface area contributed by atoms with Crippen molar-refractivity contribution in [1.29, 1.82) is 0 Å². The summed E-state index contributed by atoms with van der Waals surface area (Å²) >= 11 is 11.8. The Labute approximate surface area is 104 Å². The third kappa shape index (κ3) is 2.41. The van der Waals surface area contributed by atoms with Gasteiger partial charge in [-0.05, 0) is 18.4 Å². The Morgan fingerprint density at radius 2 is 2.31 bits per heavy atom. The first kappa shape index (κ1) is 11.9. The number of halogens is 3. The summed E-state index contributed by atoms with van der Waals surface area (Å²) < 4.78 is 13.6. The molecule has 2 unspecified atom stereocenters. The summed E-state index contributed by atoms with van der Waals surface area (Å²) in [5.41, 5.74) is 0. The summed E-state index contributed by atoms with van der Waals surface area (Å²) in [7, 11) is 0. The van der Waals surface area contributed by atoms with E-state index >= 15 is 0 Å². The summed E-state index contributed by atoms with van der Waals surface area (Å²) in [6, 6.07) is 1.28. The Kier molecular flexibility index (Phi) is 3.55. The molecule has 1 aromatic rings. The molecule has 1 aromatic heterocycles. The molecule has 5 heteroatoms. The first-order chi connectivity index (χ1) is 7.58. The molecule has 2 heterocycles. The topological polar surface area (TPSA) is 16.1 Å². The van der Waals surface area contributed by atoms with Crippen LogP contribution in [-0.2, 0) is 0 Å². The lowest BCUT2D eigenvalue weighted by molar-refractivity contribution is 0.439. The number of piperidine rings is 1. The van der Waals surface area contributed by atoms with Gasteiger partial charge in [-0.15, -0.1) is 11.6 Å². The Bertz CT molecular complexity index is 386. The van der Waals surface area contributed by atoms with Crippen LogP contribution in [0.4, 0.5) is 10.2 Å². The molecule has 1 aliphatic rings. The van der Waals surface area contributed by atoms with E-state index < -0.39 is 0 Å². The van der Waals surface area contributed by atoms with Crippen molar-refractivity contribution in [3.63, 3.8) is 0 Å². The standard InChI is InChI=1S/C11H13Cl2FN2/c1-7-2-3-16(6-9(7)13)11-10(14)4-8(12)5-15-11/h4-5,7,9H,2-3,6H2,1H3. The van der Waals surface area contributed by atoms with Crippen molar-refractivity contribution in [2.75, 3.05) is 18.0 Å². The van der Waals surface area contributed by atoms with Gasteiger partial charge in [-0.3, -0.25) is 0 Å². The van der Waals surface area contributed by atoms with Crippen molar-refractivity contribution >= 4 is 29.0 Å². The van der Waals surface area contributed by atoms with Crippen LogP contribution in [0.1, 0.15) is 13.3 Å². The van der Waals surface area contributed by atoms with E-state index in [2.05, 4.69) is 11.9 Å². The van der Waals surface area contributed by atoms with Crippen molar-refractivity contribution in [1.82, 2.24) is 4.98 Å². The predicted molar refractivity (Wildman–Crippen MR) is 64.8 cm³/mol. The fourth-order valence-corrected chi connectivity index (χ4v) is 2.29. The Balaban J connectivity index is 2.18. The van der Waals surface area contributed by atoms with Gasteiger partial charge in [0.05, 0.1) is 10.4 Å². The average molecular weight is 263 g/mol. The fraction of sp³-hybridized carbons (Fsp3) is 0.545. The zero-order chi connectivity index (χ0) is 11.7. The van der Waals surface area contributed by atoms with Crippen LogP contribution in [0.3, 0.4) is 0 Å². The minimum atomic E-state index is -0.383. The van der Waals surface area contributed by atoms with Gasteiger partial charge in [0.2, 0.25) is 0 Å². The highest BCUT2D eigenvalue weighted by Gasteiger charge is 2.26. The van der Waals surface area contributed by atoms with Crippen molar-refractivity contribution in [3.8, 4) is 0 Å². The molecular formula is C11H13Cl2FN2. The maximum absolute atomic E-state index is 13.6. The predicted octanol–water partition coefficient (Wildman–Crippen LogP) is 3.33. The number of rotatable bonds is 1. The fourth-order valence-electron chi connectivity index (χ4n) is 1.85. The van der Waals surface area contributed by atoms with Gasteiger partial charge in [0.15, 0.2) is 11.6 Å². The first-order valence-corrected chi connectivity index (χ1v) is 6.09. The molecule has 2 rings (SSSR count). The van der Waals surface area contributed by atoms with Crippen LogP contribution in [0.25, 0.3) is 0 Å². The van der Waals surface area contributed by atoms with Gasteiger partial charge in [0, 0.05) is 19.3 Å². The largest absolute Gasteiger partial charge is 0.353 e. The zero-order valence-electron chi connectivity index (χ0n) is 8.96. The average Bonchev–Trinajstić information content (AvgIpc) is 2.22. The summed E-state index contributed by atoms with van der Waals surface area (Å²) in [5.74, 6) is 0.432. The normalized spacial score (nSPS) is 25.9.